The molecule has 1 aliphatic rings. The topological polar surface area (TPSA) is 50.4 Å². The number of hydrogen-bond acceptors (Lipinski definition) is 3. The molecular formula is C13H17ClN2O2. The first kappa shape index (κ1) is 13.3. The lowest BCUT2D eigenvalue weighted by atomic mass is 10.1. The number of nitrogens with one attached hydrogen (secondary N) is 2. The van der Waals surface area contributed by atoms with Crippen LogP contribution in [0, 0.1) is 6.92 Å². The van der Waals surface area contributed by atoms with Crippen molar-refractivity contribution < 1.29 is 9.53 Å². The molecule has 0 aliphatic carbocycles. The van der Waals surface area contributed by atoms with Crippen LogP contribution in [0.1, 0.15) is 15.9 Å². The highest BCUT2D eigenvalue weighted by Crippen LogP contribution is 2.15. The molecule has 18 heavy (non-hydrogen) atoms. The van der Waals surface area contributed by atoms with Crippen LogP contribution in [0.3, 0.4) is 0 Å². The summed E-state index contributed by atoms with van der Waals surface area (Å²) in [5.41, 5.74) is 1.53. The lowest BCUT2D eigenvalue weighted by Crippen LogP contribution is -2.45. The van der Waals surface area contributed by atoms with Gasteiger partial charge in [0, 0.05) is 30.2 Å². The van der Waals surface area contributed by atoms with Crippen LogP contribution in [0.5, 0.6) is 0 Å². The molecule has 4 nitrogen and oxygen atoms in total. The van der Waals surface area contributed by atoms with Crippen LogP contribution in [0.25, 0.3) is 0 Å². The molecule has 1 amide bonds. The number of aryl methyl sites for hydroxylation is 1. The van der Waals surface area contributed by atoms with Gasteiger partial charge in [-0.1, -0.05) is 11.6 Å². The third-order valence-corrected chi connectivity index (χ3v) is 3.16. The van der Waals surface area contributed by atoms with Crippen molar-refractivity contribution in [2.75, 3.05) is 26.2 Å². The molecule has 0 spiro atoms. The number of ether oxygens (including phenoxy) is 1. The van der Waals surface area contributed by atoms with Crippen LogP contribution in [0.4, 0.5) is 0 Å². The second-order valence-corrected chi connectivity index (χ2v) is 4.80. The fraction of sp³-hybridized carbons (Fsp3) is 0.462. The highest BCUT2D eigenvalue weighted by Gasteiger charge is 2.15. The molecule has 2 N–H and O–H groups in total. The maximum absolute atomic E-state index is 12.0. The van der Waals surface area contributed by atoms with Crippen molar-refractivity contribution in [3.63, 3.8) is 0 Å². The van der Waals surface area contributed by atoms with E-state index in [1.807, 2.05) is 6.92 Å². The summed E-state index contributed by atoms with van der Waals surface area (Å²) in [7, 11) is 0. The molecule has 1 aromatic rings. The quantitative estimate of drug-likeness (QED) is 0.871. The van der Waals surface area contributed by atoms with Gasteiger partial charge in [-0.25, -0.2) is 0 Å². The summed E-state index contributed by atoms with van der Waals surface area (Å²) in [6.45, 7) is 4.74. The Labute approximate surface area is 112 Å². The minimum absolute atomic E-state index is 0.0512. The van der Waals surface area contributed by atoms with Crippen molar-refractivity contribution in [3.05, 3.63) is 34.3 Å². The van der Waals surface area contributed by atoms with Gasteiger partial charge in [0.1, 0.15) is 0 Å². The minimum atomic E-state index is -0.0849. The van der Waals surface area contributed by atoms with Crippen molar-refractivity contribution in [2.24, 2.45) is 0 Å². The van der Waals surface area contributed by atoms with Crippen LogP contribution in [0.15, 0.2) is 18.2 Å². The van der Waals surface area contributed by atoms with Crippen molar-refractivity contribution >= 4 is 17.5 Å². The zero-order valence-electron chi connectivity index (χ0n) is 10.3. The third kappa shape index (κ3) is 3.45. The number of morpholine rings is 1. The first-order chi connectivity index (χ1) is 8.66. The summed E-state index contributed by atoms with van der Waals surface area (Å²) >= 11 is 5.86. The van der Waals surface area contributed by atoms with E-state index >= 15 is 0 Å². The Balaban J connectivity index is 1.90. The number of amides is 1. The number of hydrogen-bond donors (Lipinski definition) is 2. The van der Waals surface area contributed by atoms with Gasteiger partial charge in [-0.2, -0.15) is 0 Å². The predicted octanol–water partition coefficient (Wildman–Crippen LogP) is 1.37. The van der Waals surface area contributed by atoms with E-state index in [-0.39, 0.29) is 12.0 Å². The van der Waals surface area contributed by atoms with Crippen molar-refractivity contribution in [1.82, 2.24) is 10.6 Å². The summed E-state index contributed by atoms with van der Waals surface area (Å²) < 4.78 is 5.52. The minimum Gasteiger partial charge on any atom is -0.374 e. The van der Waals surface area contributed by atoms with Gasteiger partial charge in [0.25, 0.3) is 5.91 Å². The van der Waals surface area contributed by atoms with Gasteiger partial charge in [0.05, 0.1) is 12.7 Å². The van der Waals surface area contributed by atoms with Crippen molar-refractivity contribution in [3.8, 4) is 0 Å². The molecule has 98 valence electrons. The first-order valence-electron chi connectivity index (χ1n) is 6.03. The molecule has 5 heteroatoms. The highest BCUT2D eigenvalue weighted by atomic mass is 35.5. The average molecular weight is 269 g/mol. The lowest BCUT2D eigenvalue weighted by Gasteiger charge is -2.23. The molecular weight excluding hydrogens is 252 g/mol. The lowest BCUT2D eigenvalue weighted by molar-refractivity contribution is 0.0287. The van der Waals surface area contributed by atoms with Crippen molar-refractivity contribution in [2.45, 2.75) is 13.0 Å². The van der Waals surface area contributed by atoms with Crippen LogP contribution in [0.2, 0.25) is 5.02 Å². The monoisotopic (exact) mass is 268 g/mol. The Kier molecular flexibility index (Phi) is 4.58. The third-order valence-electron chi connectivity index (χ3n) is 2.93. The summed E-state index contributed by atoms with van der Waals surface area (Å²) in [4.78, 5) is 12.0. The molecule has 1 saturated heterocycles. The SMILES string of the molecule is Cc1cc(Cl)ccc1C(=O)NCC1CNCCO1. The zero-order chi connectivity index (χ0) is 13.0. The Bertz CT molecular complexity index is 431. The van der Waals surface area contributed by atoms with Crippen LogP contribution in [-0.2, 0) is 4.74 Å². The number of rotatable bonds is 3. The normalized spacial score (nSPS) is 19.6. The Morgan fingerprint density at radius 3 is 3.11 bits per heavy atom. The molecule has 0 bridgehead atoms. The highest BCUT2D eigenvalue weighted by molar-refractivity contribution is 6.30. The Morgan fingerprint density at radius 2 is 2.44 bits per heavy atom. The summed E-state index contributed by atoms with van der Waals surface area (Å²) in [5.74, 6) is -0.0849. The predicted molar refractivity (Wildman–Crippen MR) is 71.1 cm³/mol. The fourth-order valence-electron chi connectivity index (χ4n) is 1.93. The molecule has 0 aromatic heterocycles. The van der Waals surface area contributed by atoms with E-state index in [1.54, 1.807) is 18.2 Å². The van der Waals surface area contributed by atoms with E-state index in [1.165, 1.54) is 0 Å². The van der Waals surface area contributed by atoms with E-state index in [9.17, 15) is 4.79 Å². The smallest absolute Gasteiger partial charge is 0.251 e. The van der Waals surface area contributed by atoms with Crippen LogP contribution in [-0.4, -0.2) is 38.3 Å². The maximum atomic E-state index is 12.0. The number of carbonyl (C=O) groups excluding carboxylic acids is 1. The first-order valence-corrected chi connectivity index (χ1v) is 6.41. The van der Waals surface area contributed by atoms with E-state index in [4.69, 9.17) is 16.3 Å². The second kappa shape index (κ2) is 6.18. The van der Waals surface area contributed by atoms with Gasteiger partial charge in [-0.3, -0.25) is 4.79 Å². The average Bonchev–Trinajstić information content (AvgIpc) is 2.37. The standard InChI is InChI=1S/C13H17ClN2O2/c1-9-6-10(14)2-3-12(9)13(17)16-8-11-7-15-4-5-18-11/h2-3,6,11,15H,4-5,7-8H2,1H3,(H,16,17). The molecule has 0 saturated carbocycles. The molecule has 1 fully saturated rings. The van der Waals surface area contributed by atoms with Gasteiger partial charge in [-0.15, -0.1) is 0 Å². The largest absolute Gasteiger partial charge is 0.374 e. The van der Waals surface area contributed by atoms with Crippen LogP contribution >= 0.6 is 11.6 Å². The summed E-state index contributed by atoms with van der Waals surface area (Å²) in [6, 6.07) is 5.25. The number of halogens is 1. The molecule has 1 heterocycles. The van der Waals surface area contributed by atoms with E-state index in [2.05, 4.69) is 10.6 Å². The number of benzene rings is 1. The van der Waals surface area contributed by atoms with Gasteiger partial charge in [0.2, 0.25) is 0 Å². The number of carbonyl (C=O) groups is 1. The van der Waals surface area contributed by atoms with Gasteiger partial charge >= 0.3 is 0 Å². The van der Waals surface area contributed by atoms with Gasteiger partial charge in [0.15, 0.2) is 0 Å². The molecule has 2 rings (SSSR count). The molecule has 0 radical (unpaired) electrons. The summed E-state index contributed by atoms with van der Waals surface area (Å²) in [6.07, 6.45) is 0.0512. The fourth-order valence-corrected chi connectivity index (χ4v) is 2.16. The van der Waals surface area contributed by atoms with Gasteiger partial charge < -0.3 is 15.4 Å². The Hall–Kier alpha value is -1.10. The van der Waals surface area contributed by atoms with E-state index < -0.39 is 0 Å². The van der Waals surface area contributed by atoms with E-state index in [0.717, 1.165) is 18.7 Å². The second-order valence-electron chi connectivity index (χ2n) is 4.37. The van der Waals surface area contributed by atoms with E-state index in [0.29, 0.717) is 23.7 Å². The molecule has 1 aromatic carbocycles. The molecule has 1 aliphatic heterocycles. The molecule has 1 unspecified atom stereocenters. The van der Waals surface area contributed by atoms with Crippen LogP contribution < -0.4 is 10.6 Å². The van der Waals surface area contributed by atoms with Crippen molar-refractivity contribution in [1.29, 1.82) is 0 Å². The summed E-state index contributed by atoms with van der Waals surface area (Å²) in [5, 5.41) is 6.75. The Morgan fingerprint density at radius 1 is 1.61 bits per heavy atom. The zero-order valence-corrected chi connectivity index (χ0v) is 11.1. The maximum Gasteiger partial charge on any atom is 0.251 e. The molecule has 1 atom stereocenters. The van der Waals surface area contributed by atoms with Gasteiger partial charge in [-0.05, 0) is 30.7 Å².